The standard InChI is InChI=1S/C43H49N5O16/c1-19(46-26(49)10-13-48-27(50)8-9-28(48)51)39(56)44-11-12-45-42(57)43(58)17-22-31(37(55)33-32(35(22)53)34(52)21-6-5-7-24(59-3)30(21)36(33)54)25(18-43)63-29-16-23-38(20(2)62-29)64-40-41(60-4)61-15-14-47(23)40/h5-9,19-20,23,25,29,38,40-41,53,55,58H,10-18H2,1-4H3,(H,44,56)(H,45,57)(H,46,49)/t19-,20-,23-,25-,29-,38+,40+,41-,43-/m0/s1. The fourth-order valence-electron chi connectivity index (χ4n) is 9.43. The number of nitrogens with zero attached hydrogens (tertiary/aromatic N) is 2. The molecule has 4 heterocycles. The van der Waals surface area contributed by atoms with E-state index in [9.17, 15) is 48.9 Å². The van der Waals surface area contributed by atoms with Crippen LogP contribution in [0.5, 0.6) is 17.2 Å². The minimum atomic E-state index is -2.35. The molecule has 21 nitrogen and oxygen atoms in total. The Morgan fingerprint density at radius 2 is 1.69 bits per heavy atom. The van der Waals surface area contributed by atoms with Crippen LogP contribution < -0.4 is 20.7 Å². The number of phenolic OH excluding ortho intramolecular Hbond substituents is 2. The lowest BCUT2D eigenvalue weighted by Gasteiger charge is -2.43. The van der Waals surface area contributed by atoms with E-state index in [4.69, 9.17) is 28.4 Å². The van der Waals surface area contributed by atoms with Gasteiger partial charge in [0.05, 0.1) is 42.6 Å². The molecule has 9 atom stereocenters. The van der Waals surface area contributed by atoms with Gasteiger partial charge in [-0.2, -0.15) is 0 Å². The summed E-state index contributed by atoms with van der Waals surface area (Å²) in [7, 11) is 2.84. The molecule has 0 bridgehead atoms. The molecule has 2 aromatic rings. The lowest BCUT2D eigenvalue weighted by atomic mass is 9.72. The SMILES string of the molecule is COc1cccc2c1C(=O)c1c(O)c3c(c(O)c1C2=O)C[C@@](O)(C(=O)NCCNC(=O)[C@H](C)NC(=O)CCN1C(=O)C=CC1=O)C[C@@H]3O[C@H]1C[C@H]2[C@H](O[C@@H]3[C@@H](OC)OCCN32)[C@H](C)O1. The number of rotatable bonds is 13. The zero-order valence-electron chi connectivity index (χ0n) is 35.4. The number of aromatic hydroxyl groups is 2. The molecule has 5 amide bonds. The number of ketones is 2. The number of hydrogen-bond acceptors (Lipinski definition) is 17. The van der Waals surface area contributed by atoms with Gasteiger partial charge >= 0.3 is 0 Å². The van der Waals surface area contributed by atoms with Crippen molar-refractivity contribution in [3.63, 3.8) is 0 Å². The maximum Gasteiger partial charge on any atom is 0.253 e. The summed E-state index contributed by atoms with van der Waals surface area (Å²) in [5, 5.41) is 43.8. The van der Waals surface area contributed by atoms with E-state index >= 15 is 0 Å². The summed E-state index contributed by atoms with van der Waals surface area (Å²) in [6, 6.07) is 3.10. The van der Waals surface area contributed by atoms with E-state index in [-0.39, 0.29) is 66.5 Å². The van der Waals surface area contributed by atoms with Gasteiger partial charge in [-0.05, 0) is 19.9 Å². The highest BCUT2D eigenvalue weighted by atomic mass is 16.7. The predicted molar refractivity (Wildman–Crippen MR) is 216 cm³/mol. The van der Waals surface area contributed by atoms with Gasteiger partial charge in [0, 0.05) is 93.9 Å². The molecule has 6 aliphatic rings. The Bertz CT molecular complexity index is 2320. The van der Waals surface area contributed by atoms with Crippen molar-refractivity contribution in [2.24, 2.45) is 0 Å². The molecule has 0 aromatic heterocycles. The van der Waals surface area contributed by atoms with Crippen molar-refractivity contribution in [2.45, 2.75) is 94.3 Å². The second-order valence-electron chi connectivity index (χ2n) is 16.4. The van der Waals surface area contributed by atoms with E-state index in [1.807, 2.05) is 0 Å². The van der Waals surface area contributed by atoms with Crippen molar-refractivity contribution in [2.75, 3.05) is 47.0 Å². The number of methoxy groups -OCH3 is 2. The van der Waals surface area contributed by atoms with E-state index in [0.29, 0.717) is 13.2 Å². The first-order valence-electron chi connectivity index (χ1n) is 20.9. The Balaban J connectivity index is 1.01. The number of fused-ring (bicyclic) bond motifs is 6. The van der Waals surface area contributed by atoms with E-state index in [0.717, 1.165) is 17.1 Å². The quantitative estimate of drug-likeness (QED) is 0.0696. The smallest absolute Gasteiger partial charge is 0.253 e. The van der Waals surface area contributed by atoms with Gasteiger partial charge in [-0.25, -0.2) is 0 Å². The average molecular weight is 892 g/mol. The lowest BCUT2D eigenvalue weighted by Crippen LogP contribution is -2.55. The second kappa shape index (κ2) is 17.6. The molecule has 8 rings (SSSR count). The van der Waals surface area contributed by atoms with E-state index in [2.05, 4.69) is 20.9 Å². The molecule has 0 radical (unpaired) electrons. The van der Waals surface area contributed by atoms with Gasteiger partial charge in [-0.1, -0.05) is 12.1 Å². The number of hydrogen-bond donors (Lipinski definition) is 6. The molecule has 3 fully saturated rings. The molecular formula is C43H49N5O16. The van der Waals surface area contributed by atoms with Gasteiger partial charge in [0.15, 0.2) is 24.6 Å². The van der Waals surface area contributed by atoms with E-state index < -0.39 is 125 Å². The van der Waals surface area contributed by atoms with Crippen LogP contribution in [0.4, 0.5) is 0 Å². The fraction of sp³-hybridized carbons (Fsp3) is 0.512. The highest BCUT2D eigenvalue weighted by Gasteiger charge is 2.55. The third-order valence-corrected chi connectivity index (χ3v) is 12.5. The number of nitrogens with one attached hydrogen (secondary N) is 3. The Morgan fingerprint density at radius 1 is 0.969 bits per heavy atom. The first-order chi connectivity index (χ1) is 30.6. The number of carbonyl (C=O) groups is 7. The molecule has 0 spiro atoms. The lowest BCUT2D eigenvalue weighted by molar-refractivity contribution is -0.256. The zero-order chi connectivity index (χ0) is 45.8. The molecule has 0 unspecified atom stereocenters. The maximum absolute atomic E-state index is 14.2. The minimum absolute atomic E-state index is 0.0748. The molecule has 64 heavy (non-hydrogen) atoms. The van der Waals surface area contributed by atoms with Gasteiger partial charge in [0.25, 0.3) is 17.7 Å². The zero-order valence-corrected chi connectivity index (χ0v) is 35.4. The van der Waals surface area contributed by atoms with Crippen LogP contribution in [-0.4, -0.2) is 162 Å². The molecule has 6 N–H and O–H groups in total. The summed E-state index contributed by atoms with van der Waals surface area (Å²) in [4.78, 5) is 93.9. The van der Waals surface area contributed by atoms with Crippen molar-refractivity contribution < 1.29 is 77.3 Å². The van der Waals surface area contributed by atoms with Crippen LogP contribution in [0.1, 0.15) is 82.2 Å². The summed E-state index contributed by atoms with van der Waals surface area (Å²) in [5.74, 6) is -6.13. The third-order valence-electron chi connectivity index (χ3n) is 12.5. The normalized spacial score (nSPS) is 28.7. The first-order valence-corrected chi connectivity index (χ1v) is 20.9. The van der Waals surface area contributed by atoms with Gasteiger partial charge in [0.2, 0.25) is 17.6 Å². The summed E-state index contributed by atoms with van der Waals surface area (Å²) in [6.45, 7) is 3.60. The van der Waals surface area contributed by atoms with Crippen molar-refractivity contribution in [1.82, 2.24) is 25.8 Å². The molecule has 2 aliphatic carbocycles. The summed E-state index contributed by atoms with van der Waals surface area (Å²) >= 11 is 0. The highest BCUT2D eigenvalue weighted by Crippen LogP contribution is 2.53. The van der Waals surface area contributed by atoms with Crippen LogP contribution in [0.3, 0.4) is 0 Å². The number of aliphatic hydroxyl groups is 1. The van der Waals surface area contributed by atoms with Gasteiger partial charge in [-0.3, -0.25) is 43.4 Å². The summed E-state index contributed by atoms with van der Waals surface area (Å²) < 4.78 is 35.8. The number of phenols is 2. The maximum atomic E-state index is 14.2. The van der Waals surface area contributed by atoms with Crippen LogP contribution in [-0.2, 0) is 54.1 Å². The molecule has 21 heteroatoms. The van der Waals surface area contributed by atoms with Crippen molar-refractivity contribution >= 4 is 41.1 Å². The average Bonchev–Trinajstić information content (AvgIpc) is 3.82. The van der Waals surface area contributed by atoms with Crippen LogP contribution in [0.2, 0.25) is 0 Å². The summed E-state index contributed by atoms with van der Waals surface area (Å²) in [5.41, 5.74) is -3.85. The molecule has 3 saturated heterocycles. The number of ether oxygens (including phenoxy) is 6. The fourth-order valence-corrected chi connectivity index (χ4v) is 9.43. The van der Waals surface area contributed by atoms with Gasteiger partial charge < -0.3 is 59.7 Å². The number of amides is 5. The Morgan fingerprint density at radius 3 is 2.41 bits per heavy atom. The first kappa shape index (κ1) is 44.8. The molecule has 342 valence electrons. The number of morpholine rings is 1. The van der Waals surface area contributed by atoms with Crippen molar-refractivity contribution in [3.05, 3.63) is 63.7 Å². The summed E-state index contributed by atoms with van der Waals surface area (Å²) in [6.07, 6.45) is -3.47. The van der Waals surface area contributed by atoms with Gasteiger partial charge in [0.1, 0.15) is 35.0 Å². The van der Waals surface area contributed by atoms with E-state index in [1.165, 1.54) is 39.3 Å². The number of benzene rings is 2. The van der Waals surface area contributed by atoms with E-state index in [1.54, 1.807) is 6.92 Å². The predicted octanol–water partition coefficient (Wildman–Crippen LogP) is -0.798. The molecule has 0 saturated carbocycles. The van der Waals surface area contributed by atoms with Crippen LogP contribution >= 0.6 is 0 Å². The Kier molecular flexibility index (Phi) is 12.3. The minimum Gasteiger partial charge on any atom is -0.507 e. The van der Waals surface area contributed by atoms with Crippen LogP contribution in [0.15, 0.2) is 30.4 Å². The monoisotopic (exact) mass is 891 g/mol. The van der Waals surface area contributed by atoms with Crippen LogP contribution in [0, 0.1) is 0 Å². The number of carbonyl (C=O) groups excluding carboxylic acids is 7. The molecule has 2 aromatic carbocycles. The highest BCUT2D eigenvalue weighted by molar-refractivity contribution is 6.31. The van der Waals surface area contributed by atoms with Crippen LogP contribution in [0.25, 0.3) is 0 Å². The van der Waals surface area contributed by atoms with Crippen molar-refractivity contribution in [1.29, 1.82) is 0 Å². The Hall–Kier alpha value is -5.81. The third kappa shape index (κ3) is 7.90. The molecule has 4 aliphatic heterocycles. The largest absolute Gasteiger partial charge is 0.507 e. The topological polar surface area (TPSA) is 278 Å². The number of imide groups is 1. The van der Waals surface area contributed by atoms with Crippen molar-refractivity contribution in [3.8, 4) is 17.2 Å². The Labute approximate surface area is 365 Å². The molecular weight excluding hydrogens is 842 g/mol. The second-order valence-corrected chi connectivity index (χ2v) is 16.4. The van der Waals surface area contributed by atoms with Gasteiger partial charge in [-0.15, -0.1) is 0 Å².